The number of hydrogen-bond donors (Lipinski definition) is 3. The molecule has 28 heavy (non-hydrogen) atoms. The minimum atomic E-state index is -0.378. The van der Waals surface area contributed by atoms with Crippen molar-refractivity contribution < 1.29 is 9.66 Å². The lowest BCUT2D eigenvalue weighted by atomic mass is 9.83. The van der Waals surface area contributed by atoms with Gasteiger partial charge in [0.2, 0.25) is 0 Å². The third-order valence-corrected chi connectivity index (χ3v) is 5.19. The fourth-order valence-corrected chi connectivity index (χ4v) is 3.61. The summed E-state index contributed by atoms with van der Waals surface area (Å²) in [6.07, 6.45) is 6.06. The van der Waals surface area contributed by atoms with Gasteiger partial charge in [-0.05, 0) is 30.7 Å². The number of halogens is 1. The minimum absolute atomic E-state index is 0. The molecule has 0 aromatic heterocycles. The van der Waals surface area contributed by atoms with Gasteiger partial charge in [0, 0.05) is 46.5 Å². The summed E-state index contributed by atoms with van der Waals surface area (Å²) in [4.78, 5) is 14.9. The van der Waals surface area contributed by atoms with E-state index in [1.54, 1.807) is 32.4 Å². The number of hydrogen-bond acceptors (Lipinski definition) is 5. The molecule has 1 aromatic rings. The molecule has 8 nitrogen and oxygen atoms in total. The lowest BCUT2D eigenvalue weighted by Gasteiger charge is -2.30. The number of aliphatic imine (C=N–C) groups is 1. The molecule has 0 radical (unpaired) electrons. The Labute approximate surface area is 184 Å². The normalized spacial score (nSPS) is 15.6. The van der Waals surface area contributed by atoms with Gasteiger partial charge in [0.25, 0.3) is 5.69 Å². The van der Waals surface area contributed by atoms with Crippen molar-refractivity contribution in [3.8, 4) is 0 Å². The second-order valence-electron chi connectivity index (χ2n) is 7.00. The second kappa shape index (κ2) is 12.8. The summed E-state index contributed by atoms with van der Waals surface area (Å²) >= 11 is 0. The summed E-state index contributed by atoms with van der Waals surface area (Å²) in [6, 6.07) is 6.66. The van der Waals surface area contributed by atoms with E-state index in [9.17, 15) is 10.1 Å². The number of nitro benzene ring substituents is 1. The monoisotopic (exact) mass is 505 g/mol. The molecular weight excluding hydrogens is 473 g/mol. The maximum Gasteiger partial charge on any atom is 0.292 e. The summed E-state index contributed by atoms with van der Waals surface area (Å²) in [5.74, 6) is 0.753. The molecule has 0 bridgehead atoms. The first-order valence-electron chi connectivity index (χ1n) is 9.51. The highest BCUT2D eigenvalue weighted by atomic mass is 127. The fraction of sp³-hybridized carbons (Fsp3) is 0.632. The van der Waals surface area contributed by atoms with Crippen molar-refractivity contribution in [1.29, 1.82) is 0 Å². The first-order chi connectivity index (χ1) is 13.1. The zero-order valence-electron chi connectivity index (χ0n) is 16.7. The van der Waals surface area contributed by atoms with Gasteiger partial charge in [-0.15, -0.1) is 24.0 Å². The summed E-state index contributed by atoms with van der Waals surface area (Å²) < 4.78 is 5.28. The summed E-state index contributed by atoms with van der Waals surface area (Å²) in [6.45, 7) is 2.83. The predicted octanol–water partition coefficient (Wildman–Crippen LogP) is 3.39. The smallest absolute Gasteiger partial charge is 0.292 e. The van der Waals surface area contributed by atoms with Crippen LogP contribution in [0.25, 0.3) is 0 Å². The molecule has 1 fully saturated rings. The van der Waals surface area contributed by atoms with Crippen molar-refractivity contribution in [1.82, 2.24) is 10.6 Å². The molecule has 1 aliphatic rings. The Kier molecular flexibility index (Phi) is 11.1. The molecule has 9 heteroatoms. The molecule has 3 N–H and O–H groups in total. The molecule has 1 aliphatic carbocycles. The molecule has 0 heterocycles. The van der Waals surface area contributed by atoms with Crippen molar-refractivity contribution in [3.05, 3.63) is 34.4 Å². The summed E-state index contributed by atoms with van der Waals surface area (Å²) in [5.41, 5.74) is 0.898. The van der Waals surface area contributed by atoms with E-state index in [1.807, 2.05) is 0 Å². The topological polar surface area (TPSA) is 101 Å². The van der Waals surface area contributed by atoms with Crippen LogP contribution >= 0.6 is 24.0 Å². The number of benzene rings is 1. The Balaban J connectivity index is 0.00000392. The third kappa shape index (κ3) is 7.42. The van der Waals surface area contributed by atoms with E-state index in [2.05, 4.69) is 20.9 Å². The lowest BCUT2D eigenvalue weighted by Crippen LogP contribution is -2.44. The van der Waals surface area contributed by atoms with Gasteiger partial charge in [-0.2, -0.15) is 0 Å². The number of nitrogens with zero attached hydrogens (tertiary/aromatic N) is 2. The summed E-state index contributed by atoms with van der Waals surface area (Å²) in [7, 11) is 3.50. The van der Waals surface area contributed by atoms with Crippen LogP contribution in [0.3, 0.4) is 0 Å². The Morgan fingerprint density at radius 2 is 1.96 bits per heavy atom. The van der Waals surface area contributed by atoms with Crippen LogP contribution < -0.4 is 16.0 Å². The van der Waals surface area contributed by atoms with E-state index in [-0.39, 0.29) is 40.0 Å². The van der Waals surface area contributed by atoms with Crippen LogP contribution in [0, 0.1) is 15.5 Å². The largest absolute Gasteiger partial charge is 0.385 e. The van der Waals surface area contributed by atoms with Gasteiger partial charge in [-0.1, -0.05) is 25.0 Å². The van der Waals surface area contributed by atoms with Gasteiger partial charge in [0.15, 0.2) is 5.96 Å². The zero-order chi connectivity index (χ0) is 19.5. The van der Waals surface area contributed by atoms with Gasteiger partial charge >= 0.3 is 0 Å². The number of rotatable bonds is 10. The van der Waals surface area contributed by atoms with Crippen LogP contribution in [0.15, 0.2) is 29.3 Å². The fourth-order valence-electron chi connectivity index (χ4n) is 3.61. The highest BCUT2D eigenvalue weighted by Crippen LogP contribution is 2.40. The molecule has 0 amide bonds. The first-order valence-corrected chi connectivity index (χ1v) is 9.51. The number of guanidine groups is 1. The average molecular weight is 505 g/mol. The number of ether oxygens (including phenoxy) is 1. The van der Waals surface area contributed by atoms with E-state index < -0.39 is 0 Å². The highest BCUT2D eigenvalue weighted by Gasteiger charge is 2.33. The number of nitrogens with one attached hydrogen (secondary N) is 3. The Morgan fingerprint density at radius 3 is 2.61 bits per heavy atom. The Hall–Kier alpha value is -1.62. The molecule has 0 unspecified atom stereocenters. The van der Waals surface area contributed by atoms with Crippen LogP contribution in [0.1, 0.15) is 32.1 Å². The van der Waals surface area contributed by atoms with Crippen LogP contribution in [0.2, 0.25) is 0 Å². The van der Waals surface area contributed by atoms with Crippen LogP contribution in [-0.2, 0) is 4.74 Å². The average Bonchev–Trinajstić information content (AvgIpc) is 3.15. The molecule has 1 saturated carbocycles. The Morgan fingerprint density at radius 1 is 1.25 bits per heavy atom. The molecule has 0 saturated heterocycles. The number of methoxy groups -OCH3 is 1. The number of nitro groups is 1. The predicted molar refractivity (Wildman–Crippen MR) is 124 cm³/mol. The summed E-state index contributed by atoms with van der Waals surface area (Å²) in [5, 5.41) is 20.8. The van der Waals surface area contributed by atoms with Crippen LogP contribution in [0.5, 0.6) is 0 Å². The maximum atomic E-state index is 11.0. The highest BCUT2D eigenvalue weighted by molar-refractivity contribution is 14.0. The van der Waals surface area contributed by atoms with Gasteiger partial charge in [0.1, 0.15) is 5.69 Å². The van der Waals surface area contributed by atoms with E-state index in [4.69, 9.17) is 4.74 Å². The molecule has 158 valence electrons. The lowest BCUT2D eigenvalue weighted by molar-refractivity contribution is -0.384. The molecule has 0 spiro atoms. The van der Waals surface area contributed by atoms with Gasteiger partial charge in [-0.3, -0.25) is 15.1 Å². The third-order valence-electron chi connectivity index (χ3n) is 5.19. The molecule has 1 aromatic carbocycles. The van der Waals surface area contributed by atoms with E-state index >= 15 is 0 Å². The minimum Gasteiger partial charge on any atom is -0.385 e. The van der Waals surface area contributed by atoms with Crippen LogP contribution in [-0.4, -0.2) is 51.3 Å². The van der Waals surface area contributed by atoms with Crippen molar-refractivity contribution in [2.45, 2.75) is 32.1 Å². The van der Waals surface area contributed by atoms with E-state index in [0.717, 1.165) is 25.5 Å². The maximum absolute atomic E-state index is 11.0. The quantitative estimate of drug-likeness (QED) is 0.113. The van der Waals surface area contributed by atoms with Gasteiger partial charge in [0.05, 0.1) is 4.92 Å². The zero-order valence-corrected chi connectivity index (χ0v) is 19.0. The van der Waals surface area contributed by atoms with Gasteiger partial charge < -0.3 is 20.7 Å². The SMILES string of the molecule is CN=C(NCCNc1ccccc1[N+](=O)[O-])NCC1(CCOC)CCCC1.I. The molecular formula is C19H32IN5O3. The van der Waals surface area contributed by atoms with Crippen molar-refractivity contribution in [2.24, 2.45) is 10.4 Å². The standard InChI is InChI=1S/C19H31N5O3.HI/c1-20-18(23-15-19(11-14-27-2)9-5-6-10-19)22-13-12-21-16-7-3-4-8-17(16)24(25)26;/h3-4,7-8,21H,5-6,9-15H2,1-2H3,(H2,20,22,23);1H. The van der Waals surface area contributed by atoms with Gasteiger partial charge in [-0.25, -0.2) is 0 Å². The van der Waals surface area contributed by atoms with Crippen molar-refractivity contribution in [2.75, 3.05) is 45.7 Å². The van der Waals surface area contributed by atoms with Crippen molar-refractivity contribution in [3.63, 3.8) is 0 Å². The first kappa shape index (κ1) is 24.4. The second-order valence-corrected chi connectivity index (χ2v) is 7.00. The van der Waals surface area contributed by atoms with Crippen LogP contribution in [0.4, 0.5) is 11.4 Å². The molecule has 0 atom stereocenters. The number of para-hydroxylation sites is 2. The molecule has 0 aliphatic heterocycles. The van der Waals surface area contributed by atoms with E-state index in [1.165, 1.54) is 31.7 Å². The van der Waals surface area contributed by atoms with E-state index in [0.29, 0.717) is 18.8 Å². The number of anilines is 1. The van der Waals surface area contributed by atoms with Crippen molar-refractivity contribution >= 4 is 41.3 Å². The molecule has 2 rings (SSSR count). The Bertz CT molecular complexity index is 636.